The quantitative estimate of drug-likeness (QED) is 0.358. The molecule has 0 saturated carbocycles. The molecule has 176 valence electrons. The van der Waals surface area contributed by atoms with Crippen LogP contribution in [0, 0.1) is 6.92 Å². The molecule has 0 saturated heterocycles. The van der Waals surface area contributed by atoms with E-state index in [2.05, 4.69) is 20.6 Å². The molecule has 2 heterocycles. The van der Waals surface area contributed by atoms with Crippen LogP contribution in [0.5, 0.6) is 23.1 Å². The van der Waals surface area contributed by atoms with Crippen LogP contribution >= 0.6 is 0 Å². The number of carbonyl (C=O) groups is 1. The Morgan fingerprint density at radius 3 is 2.65 bits per heavy atom. The summed E-state index contributed by atoms with van der Waals surface area (Å²) in [4.78, 5) is 12.0. The first-order chi connectivity index (χ1) is 16.6. The minimum atomic E-state index is -0.235. The SMILES string of the molecule is COc1ccc(-c2nnc3ccc(OCCNC(=O)COc4cccc(C)c4)nn23)c(OC)c1. The second-order valence-corrected chi connectivity index (χ2v) is 7.33. The van der Waals surface area contributed by atoms with Crippen LogP contribution in [0.3, 0.4) is 0 Å². The van der Waals surface area contributed by atoms with E-state index in [1.165, 1.54) is 0 Å². The van der Waals surface area contributed by atoms with Gasteiger partial charge in [-0.2, -0.15) is 4.52 Å². The first kappa shape index (κ1) is 22.8. The number of benzene rings is 2. The van der Waals surface area contributed by atoms with Gasteiger partial charge in [-0.3, -0.25) is 4.79 Å². The molecule has 0 atom stereocenters. The largest absolute Gasteiger partial charge is 0.497 e. The zero-order chi connectivity index (χ0) is 23.9. The molecule has 4 aromatic rings. The summed E-state index contributed by atoms with van der Waals surface area (Å²) in [7, 11) is 3.16. The van der Waals surface area contributed by atoms with Crippen LogP contribution in [-0.2, 0) is 4.79 Å². The molecule has 2 aromatic carbocycles. The number of amides is 1. The Morgan fingerprint density at radius 1 is 0.971 bits per heavy atom. The Balaban J connectivity index is 1.35. The van der Waals surface area contributed by atoms with Gasteiger partial charge in [-0.15, -0.1) is 15.3 Å². The second kappa shape index (κ2) is 10.5. The number of methoxy groups -OCH3 is 2. The summed E-state index contributed by atoms with van der Waals surface area (Å²) in [6.45, 7) is 2.43. The minimum absolute atomic E-state index is 0.0680. The van der Waals surface area contributed by atoms with Crippen molar-refractivity contribution in [3.05, 3.63) is 60.2 Å². The van der Waals surface area contributed by atoms with E-state index in [4.69, 9.17) is 18.9 Å². The van der Waals surface area contributed by atoms with Crippen LogP contribution in [0.25, 0.3) is 17.0 Å². The fourth-order valence-electron chi connectivity index (χ4n) is 3.25. The standard InChI is InChI=1S/C24H25N5O5/c1-16-5-4-6-18(13-16)34-15-22(30)25-11-12-33-23-10-9-21-26-27-24(29(21)28-23)19-8-7-17(31-2)14-20(19)32-3/h4-10,13-14H,11-12,15H2,1-3H3,(H,25,30). The lowest BCUT2D eigenvalue weighted by Crippen LogP contribution is -2.32. The number of rotatable bonds is 10. The summed E-state index contributed by atoms with van der Waals surface area (Å²) in [5.74, 6) is 2.53. The van der Waals surface area contributed by atoms with Crippen molar-refractivity contribution < 1.29 is 23.7 Å². The average molecular weight is 463 g/mol. The summed E-state index contributed by atoms with van der Waals surface area (Å²) < 4.78 is 23.5. The van der Waals surface area contributed by atoms with Gasteiger partial charge in [-0.1, -0.05) is 12.1 Å². The van der Waals surface area contributed by atoms with Gasteiger partial charge in [0.2, 0.25) is 5.88 Å². The molecular formula is C24H25N5O5. The molecule has 0 fully saturated rings. The second-order valence-electron chi connectivity index (χ2n) is 7.33. The van der Waals surface area contributed by atoms with E-state index in [1.807, 2.05) is 43.3 Å². The number of nitrogens with one attached hydrogen (secondary N) is 1. The molecule has 0 aliphatic carbocycles. The number of fused-ring (bicyclic) bond motifs is 1. The zero-order valence-electron chi connectivity index (χ0n) is 19.1. The van der Waals surface area contributed by atoms with Gasteiger partial charge in [0.05, 0.1) is 26.3 Å². The van der Waals surface area contributed by atoms with E-state index in [-0.39, 0.29) is 19.1 Å². The highest BCUT2D eigenvalue weighted by Gasteiger charge is 2.16. The van der Waals surface area contributed by atoms with Gasteiger partial charge in [-0.05, 0) is 42.8 Å². The Labute approximate surface area is 196 Å². The predicted octanol–water partition coefficient (Wildman–Crippen LogP) is 2.69. The lowest BCUT2D eigenvalue weighted by atomic mass is 10.2. The van der Waals surface area contributed by atoms with Crippen molar-refractivity contribution in [3.63, 3.8) is 0 Å². The van der Waals surface area contributed by atoms with Gasteiger partial charge >= 0.3 is 0 Å². The molecule has 0 aliphatic heterocycles. The third-order valence-electron chi connectivity index (χ3n) is 4.92. The number of hydrogen-bond acceptors (Lipinski definition) is 8. The topological polar surface area (TPSA) is 109 Å². The average Bonchev–Trinajstić information content (AvgIpc) is 3.28. The molecule has 2 aromatic heterocycles. The third-order valence-corrected chi connectivity index (χ3v) is 4.92. The van der Waals surface area contributed by atoms with Crippen LogP contribution in [-0.4, -0.2) is 59.7 Å². The van der Waals surface area contributed by atoms with Crippen LogP contribution in [0.2, 0.25) is 0 Å². The lowest BCUT2D eigenvalue weighted by Gasteiger charge is -2.10. The number of nitrogens with zero attached hydrogens (tertiary/aromatic N) is 4. The van der Waals surface area contributed by atoms with Crippen LogP contribution in [0.1, 0.15) is 5.56 Å². The first-order valence-electron chi connectivity index (χ1n) is 10.6. The van der Waals surface area contributed by atoms with Gasteiger partial charge in [-0.25, -0.2) is 0 Å². The molecule has 10 nitrogen and oxygen atoms in total. The molecule has 10 heteroatoms. The van der Waals surface area contributed by atoms with E-state index in [9.17, 15) is 4.79 Å². The Bertz CT molecular complexity index is 1290. The molecule has 0 spiro atoms. The fraction of sp³-hybridized carbons (Fsp3) is 0.250. The maximum atomic E-state index is 12.0. The molecule has 1 N–H and O–H groups in total. The molecule has 34 heavy (non-hydrogen) atoms. The summed E-state index contributed by atoms with van der Waals surface area (Å²) in [5, 5.41) is 15.6. The van der Waals surface area contributed by atoms with Crippen molar-refractivity contribution in [1.29, 1.82) is 0 Å². The van der Waals surface area contributed by atoms with Crippen molar-refractivity contribution in [3.8, 4) is 34.5 Å². The van der Waals surface area contributed by atoms with Crippen LogP contribution in [0.4, 0.5) is 0 Å². The summed E-state index contributed by atoms with van der Waals surface area (Å²) >= 11 is 0. The molecule has 4 rings (SSSR count). The number of aryl methyl sites for hydroxylation is 1. The normalized spacial score (nSPS) is 10.7. The van der Waals surface area contributed by atoms with E-state index in [0.29, 0.717) is 46.7 Å². The highest BCUT2D eigenvalue weighted by atomic mass is 16.5. The Hall–Kier alpha value is -4.34. The number of hydrogen-bond donors (Lipinski definition) is 1. The summed E-state index contributed by atoms with van der Waals surface area (Å²) in [6, 6.07) is 16.4. The fourth-order valence-corrected chi connectivity index (χ4v) is 3.25. The van der Waals surface area contributed by atoms with E-state index < -0.39 is 0 Å². The Kier molecular flexibility index (Phi) is 7.07. The zero-order valence-corrected chi connectivity index (χ0v) is 19.1. The van der Waals surface area contributed by atoms with Crippen LogP contribution in [0.15, 0.2) is 54.6 Å². The number of ether oxygens (including phenoxy) is 4. The molecule has 0 radical (unpaired) electrons. The summed E-state index contributed by atoms with van der Waals surface area (Å²) in [5.41, 5.74) is 2.33. The van der Waals surface area contributed by atoms with Gasteiger partial charge in [0.1, 0.15) is 23.9 Å². The van der Waals surface area contributed by atoms with Crippen molar-refractivity contribution in [1.82, 2.24) is 25.1 Å². The molecule has 1 amide bonds. The van der Waals surface area contributed by atoms with Gasteiger partial charge < -0.3 is 24.3 Å². The van der Waals surface area contributed by atoms with E-state index in [0.717, 1.165) is 5.56 Å². The predicted molar refractivity (Wildman–Crippen MR) is 125 cm³/mol. The van der Waals surface area contributed by atoms with Gasteiger partial charge in [0.25, 0.3) is 5.91 Å². The Morgan fingerprint density at radius 2 is 1.85 bits per heavy atom. The maximum Gasteiger partial charge on any atom is 0.258 e. The third kappa shape index (κ3) is 5.34. The van der Waals surface area contributed by atoms with Gasteiger partial charge in [0.15, 0.2) is 18.1 Å². The highest BCUT2D eigenvalue weighted by Crippen LogP contribution is 2.32. The van der Waals surface area contributed by atoms with Crippen molar-refractivity contribution in [2.24, 2.45) is 0 Å². The maximum absolute atomic E-state index is 12.0. The number of aromatic nitrogens is 4. The van der Waals surface area contributed by atoms with E-state index >= 15 is 0 Å². The number of carbonyl (C=O) groups excluding carboxylic acids is 1. The van der Waals surface area contributed by atoms with Crippen molar-refractivity contribution >= 4 is 11.6 Å². The van der Waals surface area contributed by atoms with E-state index in [1.54, 1.807) is 36.9 Å². The first-order valence-corrected chi connectivity index (χ1v) is 10.6. The summed E-state index contributed by atoms with van der Waals surface area (Å²) in [6.07, 6.45) is 0. The van der Waals surface area contributed by atoms with Crippen molar-refractivity contribution in [2.75, 3.05) is 34.0 Å². The smallest absolute Gasteiger partial charge is 0.258 e. The van der Waals surface area contributed by atoms with Crippen molar-refractivity contribution in [2.45, 2.75) is 6.92 Å². The van der Waals surface area contributed by atoms with Gasteiger partial charge in [0, 0.05) is 12.1 Å². The minimum Gasteiger partial charge on any atom is -0.497 e. The molecule has 0 aliphatic rings. The highest BCUT2D eigenvalue weighted by molar-refractivity contribution is 5.77. The monoisotopic (exact) mass is 463 g/mol. The lowest BCUT2D eigenvalue weighted by molar-refractivity contribution is -0.123. The molecule has 0 unspecified atom stereocenters. The molecule has 0 bridgehead atoms. The molecular weight excluding hydrogens is 438 g/mol. The van der Waals surface area contributed by atoms with Crippen LogP contribution < -0.4 is 24.3 Å².